The van der Waals surface area contributed by atoms with Gasteiger partial charge in [-0.1, -0.05) is 0 Å². The van der Waals surface area contributed by atoms with Gasteiger partial charge in [0, 0.05) is 11.6 Å². The fraction of sp³-hybridized carbons (Fsp3) is 0.200. The molecule has 0 fully saturated rings. The first kappa shape index (κ1) is 15.7. The molecular weight excluding hydrogens is 346 g/mol. The predicted molar refractivity (Wildman–Crippen MR) is 77.7 cm³/mol. The van der Waals surface area contributed by atoms with Gasteiger partial charge in [-0.3, -0.25) is 0 Å². The number of hydrogen-bond acceptors (Lipinski definition) is 3. The summed E-state index contributed by atoms with van der Waals surface area (Å²) in [7, 11) is 2.93. The average molecular weight is 359 g/mol. The highest BCUT2D eigenvalue weighted by atomic mass is 79.9. The van der Waals surface area contributed by atoms with E-state index in [1.165, 1.54) is 26.4 Å². The first-order valence-electron chi connectivity index (χ1n) is 6.01. The van der Waals surface area contributed by atoms with Crippen LogP contribution in [0.4, 0.5) is 8.78 Å². The first-order valence-corrected chi connectivity index (χ1v) is 6.81. The molecule has 112 valence electrons. The van der Waals surface area contributed by atoms with Crippen molar-refractivity contribution in [3.8, 4) is 11.5 Å². The Labute approximate surface area is 129 Å². The Morgan fingerprint density at radius 1 is 0.952 bits per heavy atom. The summed E-state index contributed by atoms with van der Waals surface area (Å²) in [4.78, 5) is 0. The molecule has 1 unspecified atom stereocenters. The highest BCUT2D eigenvalue weighted by molar-refractivity contribution is 9.10. The molecule has 2 aromatic rings. The quantitative estimate of drug-likeness (QED) is 0.844. The summed E-state index contributed by atoms with van der Waals surface area (Å²) < 4.78 is 37.6. The zero-order valence-electron chi connectivity index (χ0n) is 11.4. The lowest BCUT2D eigenvalue weighted by molar-refractivity contribution is 0.213. The van der Waals surface area contributed by atoms with Crippen molar-refractivity contribution in [1.29, 1.82) is 0 Å². The molecule has 0 radical (unpaired) electrons. The van der Waals surface area contributed by atoms with E-state index in [4.69, 9.17) is 9.47 Å². The van der Waals surface area contributed by atoms with Crippen LogP contribution in [0.25, 0.3) is 0 Å². The van der Waals surface area contributed by atoms with Gasteiger partial charge >= 0.3 is 0 Å². The van der Waals surface area contributed by atoms with Gasteiger partial charge < -0.3 is 14.6 Å². The van der Waals surface area contributed by atoms with Crippen LogP contribution in [-0.4, -0.2) is 19.3 Å². The van der Waals surface area contributed by atoms with E-state index in [9.17, 15) is 13.9 Å². The number of rotatable bonds is 4. The van der Waals surface area contributed by atoms with Crippen LogP contribution in [0.15, 0.2) is 34.8 Å². The molecule has 3 nitrogen and oxygen atoms in total. The Morgan fingerprint density at radius 2 is 1.52 bits per heavy atom. The Hall–Kier alpha value is -1.66. The number of ether oxygens (including phenoxy) is 2. The molecule has 0 amide bonds. The Morgan fingerprint density at radius 3 is 2.05 bits per heavy atom. The SMILES string of the molecule is COc1cc(OC)cc(C(O)c2cc(F)c(Br)cc2F)c1. The van der Waals surface area contributed by atoms with Crippen LogP contribution in [0.5, 0.6) is 11.5 Å². The maximum atomic E-state index is 13.9. The van der Waals surface area contributed by atoms with E-state index in [-0.39, 0.29) is 10.0 Å². The number of aliphatic hydroxyl groups excluding tert-OH is 1. The topological polar surface area (TPSA) is 38.7 Å². The minimum atomic E-state index is -1.34. The zero-order valence-corrected chi connectivity index (χ0v) is 12.9. The highest BCUT2D eigenvalue weighted by Gasteiger charge is 2.19. The number of benzene rings is 2. The molecule has 1 N–H and O–H groups in total. The fourth-order valence-corrected chi connectivity index (χ4v) is 2.23. The minimum Gasteiger partial charge on any atom is -0.497 e. The Bertz CT molecular complexity index is 639. The molecule has 0 saturated heterocycles. The van der Waals surface area contributed by atoms with Crippen molar-refractivity contribution in [2.24, 2.45) is 0 Å². The van der Waals surface area contributed by atoms with Gasteiger partial charge in [0.2, 0.25) is 0 Å². The summed E-state index contributed by atoms with van der Waals surface area (Å²) in [6, 6.07) is 6.62. The number of halogens is 3. The third-order valence-electron chi connectivity index (χ3n) is 3.02. The predicted octanol–water partition coefficient (Wildman–Crippen LogP) is 3.83. The van der Waals surface area contributed by atoms with Gasteiger partial charge in [0.05, 0.1) is 18.7 Å². The third kappa shape index (κ3) is 3.33. The number of aliphatic hydroxyl groups is 1. The fourth-order valence-electron chi connectivity index (χ4n) is 1.91. The molecule has 0 aliphatic carbocycles. The van der Waals surface area contributed by atoms with Gasteiger partial charge in [-0.2, -0.15) is 0 Å². The van der Waals surface area contributed by atoms with Gasteiger partial charge in [-0.25, -0.2) is 8.78 Å². The molecule has 1 atom stereocenters. The molecular formula is C15H13BrF2O3. The average Bonchev–Trinajstić information content (AvgIpc) is 2.49. The Kier molecular flexibility index (Phi) is 4.80. The second-order valence-corrected chi connectivity index (χ2v) is 5.19. The van der Waals surface area contributed by atoms with Gasteiger partial charge in [0.15, 0.2) is 0 Å². The van der Waals surface area contributed by atoms with E-state index in [1.807, 2.05) is 0 Å². The van der Waals surface area contributed by atoms with Crippen LogP contribution in [0.3, 0.4) is 0 Å². The van der Waals surface area contributed by atoms with E-state index in [0.29, 0.717) is 17.1 Å². The molecule has 0 bridgehead atoms. The van der Waals surface area contributed by atoms with Crippen molar-refractivity contribution < 1.29 is 23.4 Å². The van der Waals surface area contributed by atoms with Crippen LogP contribution in [0.1, 0.15) is 17.2 Å². The molecule has 6 heteroatoms. The first-order chi connectivity index (χ1) is 9.96. The maximum Gasteiger partial charge on any atom is 0.137 e. The summed E-state index contributed by atoms with van der Waals surface area (Å²) >= 11 is 2.89. The summed E-state index contributed by atoms with van der Waals surface area (Å²) in [6.07, 6.45) is -1.34. The van der Waals surface area contributed by atoms with Crippen LogP contribution in [0.2, 0.25) is 0 Å². The third-order valence-corrected chi connectivity index (χ3v) is 3.63. The second kappa shape index (κ2) is 6.41. The van der Waals surface area contributed by atoms with Crippen LogP contribution in [-0.2, 0) is 0 Å². The summed E-state index contributed by atoms with van der Waals surface area (Å²) in [5, 5.41) is 10.3. The molecule has 0 aliphatic rings. The molecule has 21 heavy (non-hydrogen) atoms. The lowest BCUT2D eigenvalue weighted by Crippen LogP contribution is -2.04. The Balaban J connectivity index is 2.49. The molecule has 0 spiro atoms. The second-order valence-electron chi connectivity index (χ2n) is 4.34. The van der Waals surface area contributed by atoms with E-state index in [1.54, 1.807) is 6.07 Å². The van der Waals surface area contributed by atoms with E-state index >= 15 is 0 Å². The van der Waals surface area contributed by atoms with Crippen LogP contribution in [0, 0.1) is 11.6 Å². The molecule has 0 saturated carbocycles. The lowest BCUT2D eigenvalue weighted by atomic mass is 10.0. The van der Waals surface area contributed by atoms with Gasteiger partial charge in [-0.15, -0.1) is 0 Å². The summed E-state index contributed by atoms with van der Waals surface area (Å²) in [6.45, 7) is 0. The molecule has 2 aromatic carbocycles. The van der Waals surface area contributed by atoms with E-state index < -0.39 is 17.7 Å². The molecule has 0 heterocycles. The smallest absolute Gasteiger partial charge is 0.137 e. The molecule has 0 aliphatic heterocycles. The standard InChI is InChI=1S/C15H13BrF2O3/c1-20-9-3-8(4-10(5-9)21-2)15(19)11-6-14(18)12(16)7-13(11)17/h3-7,15,19H,1-2H3. The monoisotopic (exact) mass is 358 g/mol. The number of methoxy groups -OCH3 is 2. The minimum absolute atomic E-state index is 0.000766. The van der Waals surface area contributed by atoms with Crippen LogP contribution < -0.4 is 9.47 Å². The van der Waals surface area contributed by atoms with Crippen molar-refractivity contribution in [2.75, 3.05) is 14.2 Å². The van der Waals surface area contributed by atoms with Gasteiger partial charge in [0.25, 0.3) is 0 Å². The zero-order chi connectivity index (χ0) is 15.6. The van der Waals surface area contributed by atoms with Crippen LogP contribution >= 0.6 is 15.9 Å². The van der Waals surface area contributed by atoms with Gasteiger partial charge in [-0.05, 0) is 45.8 Å². The number of hydrogen-bond donors (Lipinski definition) is 1. The highest BCUT2D eigenvalue weighted by Crippen LogP contribution is 2.32. The summed E-state index contributed by atoms with van der Waals surface area (Å²) in [5.74, 6) is -0.472. The van der Waals surface area contributed by atoms with Crippen molar-refractivity contribution in [2.45, 2.75) is 6.10 Å². The van der Waals surface area contributed by atoms with Crippen molar-refractivity contribution in [3.63, 3.8) is 0 Å². The molecule has 0 aromatic heterocycles. The van der Waals surface area contributed by atoms with Crippen molar-refractivity contribution in [1.82, 2.24) is 0 Å². The summed E-state index contributed by atoms with van der Waals surface area (Å²) in [5.41, 5.74) is 0.179. The maximum absolute atomic E-state index is 13.9. The normalized spacial score (nSPS) is 12.1. The van der Waals surface area contributed by atoms with Gasteiger partial charge in [0.1, 0.15) is 29.2 Å². The van der Waals surface area contributed by atoms with E-state index in [2.05, 4.69) is 15.9 Å². The van der Waals surface area contributed by atoms with E-state index in [0.717, 1.165) is 12.1 Å². The lowest BCUT2D eigenvalue weighted by Gasteiger charge is -2.15. The van der Waals surface area contributed by atoms with Crippen molar-refractivity contribution in [3.05, 3.63) is 57.6 Å². The molecule has 2 rings (SSSR count). The van der Waals surface area contributed by atoms with Crippen molar-refractivity contribution >= 4 is 15.9 Å². The largest absolute Gasteiger partial charge is 0.497 e.